The fraction of sp³-hybridized carbons (Fsp3) is 0.417. The van der Waals surface area contributed by atoms with Crippen LogP contribution in [0.25, 0.3) is 0 Å². The molecule has 0 unspecified atom stereocenters. The Morgan fingerprint density at radius 3 is 2.50 bits per heavy atom. The van der Waals surface area contributed by atoms with Crippen molar-refractivity contribution in [2.24, 2.45) is 0 Å². The zero-order valence-electron chi connectivity index (χ0n) is 10.2. The molecule has 0 aliphatic rings. The van der Waals surface area contributed by atoms with Gasteiger partial charge in [-0.25, -0.2) is 8.78 Å². The Bertz CT molecular complexity index is 487. The zero-order valence-corrected chi connectivity index (χ0v) is 10.9. The maximum absolute atomic E-state index is 13.7. The average Bonchev–Trinajstić information content (AvgIpc) is 2.23. The van der Waals surface area contributed by atoms with E-state index in [4.69, 9.17) is 21.4 Å². The van der Waals surface area contributed by atoms with E-state index in [1.165, 1.54) is 7.11 Å². The van der Waals surface area contributed by atoms with Crippen LogP contribution in [0, 0.1) is 11.6 Å². The van der Waals surface area contributed by atoms with Crippen LogP contribution in [-0.4, -0.2) is 18.2 Å². The fourth-order valence-electron chi connectivity index (χ4n) is 1.75. The van der Waals surface area contributed by atoms with Gasteiger partial charge in [-0.15, -0.1) is 0 Å². The fourth-order valence-corrected chi connectivity index (χ4v) is 1.89. The van der Waals surface area contributed by atoms with Gasteiger partial charge < -0.3 is 9.84 Å². The molecule has 3 nitrogen and oxygen atoms in total. The summed E-state index contributed by atoms with van der Waals surface area (Å²) in [7, 11) is 1.22. The van der Waals surface area contributed by atoms with E-state index in [1.807, 2.05) is 0 Å². The van der Waals surface area contributed by atoms with Crippen molar-refractivity contribution < 1.29 is 23.4 Å². The van der Waals surface area contributed by atoms with Gasteiger partial charge in [0, 0.05) is 11.0 Å². The summed E-state index contributed by atoms with van der Waals surface area (Å²) >= 11 is 5.44. The van der Waals surface area contributed by atoms with Crippen LogP contribution in [0.15, 0.2) is 6.07 Å². The number of ether oxygens (including phenoxy) is 1. The van der Waals surface area contributed by atoms with E-state index in [0.29, 0.717) is 0 Å². The number of hydrogen-bond acceptors (Lipinski definition) is 2. The van der Waals surface area contributed by atoms with Crippen molar-refractivity contribution in [1.82, 2.24) is 0 Å². The van der Waals surface area contributed by atoms with E-state index < -0.39 is 28.0 Å². The largest absolute Gasteiger partial charge is 0.493 e. The number of methoxy groups -OCH3 is 1. The molecule has 1 aromatic carbocycles. The van der Waals surface area contributed by atoms with Gasteiger partial charge in [0.15, 0.2) is 11.6 Å². The van der Waals surface area contributed by atoms with Gasteiger partial charge in [0.25, 0.3) is 0 Å². The lowest BCUT2D eigenvalue weighted by Crippen LogP contribution is -2.23. The van der Waals surface area contributed by atoms with Crippen molar-refractivity contribution in [3.05, 3.63) is 28.3 Å². The van der Waals surface area contributed by atoms with Crippen LogP contribution in [-0.2, 0) is 10.2 Å². The Balaban J connectivity index is 3.44. The highest BCUT2D eigenvalue weighted by molar-refractivity contribution is 6.31. The summed E-state index contributed by atoms with van der Waals surface area (Å²) in [4.78, 5) is 10.8. The molecule has 0 aromatic heterocycles. The number of carboxylic acids is 1. The van der Waals surface area contributed by atoms with Crippen LogP contribution < -0.4 is 4.74 Å². The van der Waals surface area contributed by atoms with Gasteiger partial charge in [-0.2, -0.15) is 0 Å². The molecule has 100 valence electrons. The Hall–Kier alpha value is -1.36. The molecule has 1 rings (SSSR count). The first-order chi connectivity index (χ1) is 8.20. The quantitative estimate of drug-likeness (QED) is 0.859. The van der Waals surface area contributed by atoms with E-state index >= 15 is 0 Å². The summed E-state index contributed by atoms with van der Waals surface area (Å²) in [5.74, 6) is -3.26. The van der Waals surface area contributed by atoms with Crippen molar-refractivity contribution in [2.75, 3.05) is 7.11 Å². The number of halogens is 3. The van der Waals surface area contributed by atoms with Gasteiger partial charge >= 0.3 is 5.97 Å². The Morgan fingerprint density at radius 2 is 2.06 bits per heavy atom. The summed E-state index contributed by atoms with van der Waals surface area (Å²) in [5, 5.41) is 8.15. The van der Waals surface area contributed by atoms with Crippen LogP contribution >= 0.6 is 11.6 Å². The second kappa shape index (κ2) is 5.10. The highest BCUT2D eigenvalue weighted by Gasteiger charge is 2.31. The van der Waals surface area contributed by atoms with Crippen molar-refractivity contribution in [3.8, 4) is 5.75 Å². The van der Waals surface area contributed by atoms with Crippen molar-refractivity contribution in [1.29, 1.82) is 0 Å². The third kappa shape index (κ3) is 2.72. The van der Waals surface area contributed by atoms with Crippen LogP contribution in [0.1, 0.15) is 25.8 Å². The lowest BCUT2D eigenvalue weighted by atomic mass is 9.81. The Kier molecular flexibility index (Phi) is 4.16. The second-order valence-electron chi connectivity index (χ2n) is 4.52. The highest BCUT2D eigenvalue weighted by atomic mass is 35.5. The second-order valence-corrected chi connectivity index (χ2v) is 4.90. The molecule has 1 N–H and O–H groups in total. The molecule has 0 fully saturated rings. The third-order valence-electron chi connectivity index (χ3n) is 2.64. The summed E-state index contributed by atoms with van der Waals surface area (Å²) in [6.07, 6.45) is -0.288. The minimum Gasteiger partial charge on any atom is -0.493 e. The minimum atomic E-state index is -1.07. The number of carboxylic acid groups (broad SMARTS) is 1. The summed E-state index contributed by atoms with van der Waals surface area (Å²) in [6, 6.07) is 1.01. The van der Waals surface area contributed by atoms with Gasteiger partial charge in [-0.3, -0.25) is 4.79 Å². The standard InChI is InChI=1S/C12H13ClF2O3/c1-12(2,5-8(16)17)6-4-7(14)9(13)10(15)11(6)18-3/h4H,5H2,1-3H3,(H,16,17). The molecular weight excluding hydrogens is 266 g/mol. The van der Waals surface area contributed by atoms with Gasteiger partial charge in [0.05, 0.1) is 13.5 Å². The predicted octanol–water partition coefficient (Wildman–Crippen LogP) is 3.38. The van der Waals surface area contributed by atoms with Crippen LogP contribution in [0.4, 0.5) is 8.78 Å². The van der Waals surface area contributed by atoms with Gasteiger partial charge in [-0.05, 0) is 6.07 Å². The normalized spacial score (nSPS) is 11.4. The first kappa shape index (κ1) is 14.7. The summed E-state index contributed by atoms with van der Waals surface area (Å²) in [6.45, 7) is 3.12. The first-order valence-electron chi connectivity index (χ1n) is 5.14. The molecule has 0 aliphatic heterocycles. The predicted molar refractivity (Wildman–Crippen MR) is 63.2 cm³/mol. The lowest BCUT2D eigenvalue weighted by Gasteiger charge is -2.26. The number of hydrogen-bond donors (Lipinski definition) is 1. The topological polar surface area (TPSA) is 46.5 Å². The van der Waals surface area contributed by atoms with E-state index in [9.17, 15) is 13.6 Å². The molecule has 6 heteroatoms. The minimum absolute atomic E-state index is 0.131. The molecule has 0 spiro atoms. The molecule has 1 aromatic rings. The molecule has 0 saturated carbocycles. The smallest absolute Gasteiger partial charge is 0.304 e. The molecule has 0 aliphatic carbocycles. The van der Waals surface area contributed by atoms with Crippen molar-refractivity contribution >= 4 is 17.6 Å². The zero-order chi connectivity index (χ0) is 14.1. The molecule has 0 bridgehead atoms. The lowest BCUT2D eigenvalue weighted by molar-refractivity contribution is -0.138. The number of carbonyl (C=O) groups is 1. The molecular formula is C12H13ClF2O3. The molecule has 18 heavy (non-hydrogen) atoms. The summed E-state index contributed by atoms with van der Waals surface area (Å²) in [5.41, 5.74) is -0.851. The number of benzene rings is 1. The first-order valence-corrected chi connectivity index (χ1v) is 5.52. The highest BCUT2D eigenvalue weighted by Crippen LogP contribution is 2.39. The number of aliphatic carboxylic acids is 1. The SMILES string of the molecule is COc1c(C(C)(C)CC(=O)O)cc(F)c(Cl)c1F. The number of rotatable bonds is 4. The van der Waals surface area contributed by atoms with Crippen molar-refractivity contribution in [3.63, 3.8) is 0 Å². The maximum Gasteiger partial charge on any atom is 0.304 e. The van der Waals surface area contributed by atoms with Crippen LogP contribution in [0.5, 0.6) is 5.75 Å². The molecule has 0 heterocycles. The van der Waals surface area contributed by atoms with Crippen LogP contribution in [0.2, 0.25) is 5.02 Å². The Morgan fingerprint density at radius 1 is 1.50 bits per heavy atom. The monoisotopic (exact) mass is 278 g/mol. The van der Waals surface area contributed by atoms with E-state index in [1.54, 1.807) is 13.8 Å². The molecule has 0 radical (unpaired) electrons. The average molecular weight is 279 g/mol. The molecule has 0 atom stereocenters. The summed E-state index contributed by atoms with van der Waals surface area (Å²) < 4.78 is 32.1. The van der Waals surface area contributed by atoms with E-state index in [0.717, 1.165) is 6.07 Å². The molecule has 0 saturated heterocycles. The molecule has 0 amide bonds. The van der Waals surface area contributed by atoms with E-state index in [2.05, 4.69) is 0 Å². The van der Waals surface area contributed by atoms with Crippen LogP contribution in [0.3, 0.4) is 0 Å². The van der Waals surface area contributed by atoms with Gasteiger partial charge in [0.1, 0.15) is 10.8 Å². The maximum atomic E-state index is 13.7. The van der Waals surface area contributed by atoms with Gasteiger partial charge in [-0.1, -0.05) is 25.4 Å². The van der Waals surface area contributed by atoms with Crippen molar-refractivity contribution in [2.45, 2.75) is 25.7 Å². The van der Waals surface area contributed by atoms with E-state index in [-0.39, 0.29) is 17.7 Å². The third-order valence-corrected chi connectivity index (χ3v) is 2.99. The Labute approximate surface area is 108 Å². The van der Waals surface area contributed by atoms with Gasteiger partial charge in [0.2, 0.25) is 0 Å².